The molecule has 0 heterocycles. The smallest absolute Gasteiger partial charge is 0.161 e. The summed E-state index contributed by atoms with van der Waals surface area (Å²) in [5.41, 5.74) is 3.20. The van der Waals surface area contributed by atoms with E-state index in [1.807, 2.05) is 51.1 Å². The molecule has 0 unspecified atom stereocenters. The van der Waals surface area contributed by atoms with Gasteiger partial charge in [-0.25, -0.2) is 0 Å². The van der Waals surface area contributed by atoms with Gasteiger partial charge in [-0.15, -0.1) is 0 Å². The zero-order valence-corrected chi connectivity index (χ0v) is 14.9. The van der Waals surface area contributed by atoms with Crippen molar-refractivity contribution < 1.29 is 14.2 Å². The number of hydrogen-bond donors (Lipinski definition) is 0. The minimum atomic E-state index is 0.574. The number of rotatable bonds is 7. The molecule has 124 valence electrons. The molecule has 2 aromatic rings. The van der Waals surface area contributed by atoms with Crippen LogP contribution in [0.15, 0.2) is 30.3 Å². The summed E-state index contributed by atoms with van der Waals surface area (Å²) < 4.78 is 16.8. The molecule has 0 atom stereocenters. The molecule has 0 saturated heterocycles. The maximum Gasteiger partial charge on any atom is 0.161 e. The van der Waals surface area contributed by atoms with Crippen LogP contribution in [0.25, 0.3) is 0 Å². The lowest BCUT2D eigenvalue weighted by Gasteiger charge is -2.12. The molecule has 0 aliphatic heterocycles. The molecule has 0 saturated carbocycles. The van der Waals surface area contributed by atoms with E-state index >= 15 is 0 Å². The van der Waals surface area contributed by atoms with Gasteiger partial charge < -0.3 is 14.2 Å². The topological polar surface area (TPSA) is 27.7 Å². The second-order valence-electron chi connectivity index (χ2n) is 5.58. The van der Waals surface area contributed by atoms with E-state index in [9.17, 15) is 0 Å². The normalized spacial score (nSPS) is 10.5. The summed E-state index contributed by atoms with van der Waals surface area (Å²) in [6.45, 7) is 7.15. The molecule has 2 rings (SSSR count). The number of ether oxygens (including phenoxy) is 3. The predicted molar refractivity (Wildman–Crippen MR) is 94.3 cm³/mol. The van der Waals surface area contributed by atoms with Crippen LogP contribution in [0, 0.1) is 20.8 Å². The Kier molecular flexibility index (Phi) is 6.17. The van der Waals surface area contributed by atoms with E-state index in [0.29, 0.717) is 13.2 Å². The first-order valence-corrected chi connectivity index (χ1v) is 8.06. The molecule has 0 aliphatic rings. The Labute approximate surface area is 143 Å². The quantitative estimate of drug-likeness (QED) is 0.657. The van der Waals surface area contributed by atoms with Crippen LogP contribution in [0.3, 0.4) is 0 Å². The second kappa shape index (κ2) is 8.11. The Morgan fingerprint density at radius 2 is 1.52 bits per heavy atom. The fourth-order valence-electron chi connectivity index (χ4n) is 2.31. The van der Waals surface area contributed by atoms with Crippen LogP contribution in [-0.2, 0) is 0 Å². The number of methoxy groups -OCH3 is 1. The van der Waals surface area contributed by atoms with Crippen LogP contribution < -0.4 is 14.2 Å². The summed E-state index contributed by atoms with van der Waals surface area (Å²) >= 11 is 6.15. The number of halogens is 1. The summed E-state index contributed by atoms with van der Waals surface area (Å²) in [6, 6.07) is 9.82. The van der Waals surface area contributed by atoms with Gasteiger partial charge in [-0.05, 0) is 61.7 Å². The first kappa shape index (κ1) is 17.5. The SMILES string of the molecule is COc1cc(C)ccc1OCCCOc1cc(C)c(Cl)c(C)c1. The Bertz CT molecular complexity index is 645. The molecule has 0 radical (unpaired) electrons. The molecular weight excluding hydrogens is 312 g/mol. The number of benzene rings is 2. The molecule has 0 bridgehead atoms. The van der Waals surface area contributed by atoms with Crippen molar-refractivity contribution in [3.63, 3.8) is 0 Å². The molecule has 23 heavy (non-hydrogen) atoms. The highest BCUT2D eigenvalue weighted by atomic mass is 35.5. The summed E-state index contributed by atoms with van der Waals surface area (Å²) in [4.78, 5) is 0. The lowest BCUT2D eigenvalue weighted by molar-refractivity contribution is 0.240. The third kappa shape index (κ3) is 4.80. The number of hydrogen-bond acceptors (Lipinski definition) is 3. The molecule has 3 nitrogen and oxygen atoms in total. The van der Waals surface area contributed by atoms with Gasteiger partial charge in [-0.3, -0.25) is 0 Å². The fraction of sp³-hybridized carbons (Fsp3) is 0.368. The minimum absolute atomic E-state index is 0.574. The van der Waals surface area contributed by atoms with E-state index in [1.54, 1.807) is 7.11 Å². The van der Waals surface area contributed by atoms with Crippen LogP contribution in [0.5, 0.6) is 17.2 Å². The van der Waals surface area contributed by atoms with Gasteiger partial charge in [-0.2, -0.15) is 0 Å². The monoisotopic (exact) mass is 334 g/mol. The largest absolute Gasteiger partial charge is 0.493 e. The van der Waals surface area contributed by atoms with Gasteiger partial charge in [0.05, 0.1) is 20.3 Å². The van der Waals surface area contributed by atoms with E-state index in [4.69, 9.17) is 25.8 Å². The first-order valence-electron chi connectivity index (χ1n) is 7.68. The van der Waals surface area contributed by atoms with E-state index < -0.39 is 0 Å². The van der Waals surface area contributed by atoms with Crippen LogP contribution in [0.2, 0.25) is 5.02 Å². The van der Waals surface area contributed by atoms with Gasteiger partial charge in [0.15, 0.2) is 11.5 Å². The van der Waals surface area contributed by atoms with E-state index in [1.165, 1.54) is 0 Å². The summed E-state index contributed by atoms with van der Waals surface area (Å²) in [6.07, 6.45) is 0.789. The molecule has 0 amide bonds. The Hall–Kier alpha value is -1.87. The van der Waals surface area contributed by atoms with Gasteiger partial charge in [0.25, 0.3) is 0 Å². The van der Waals surface area contributed by atoms with Crippen LogP contribution in [0.1, 0.15) is 23.1 Å². The average Bonchev–Trinajstić information content (AvgIpc) is 2.53. The van der Waals surface area contributed by atoms with Crippen molar-refractivity contribution in [3.05, 3.63) is 52.0 Å². The van der Waals surface area contributed by atoms with Crippen molar-refractivity contribution in [1.82, 2.24) is 0 Å². The van der Waals surface area contributed by atoms with Gasteiger partial charge in [0, 0.05) is 11.4 Å². The average molecular weight is 335 g/mol. The van der Waals surface area contributed by atoms with Crippen molar-refractivity contribution in [2.75, 3.05) is 20.3 Å². The molecular formula is C19H23ClO3. The maximum absolute atomic E-state index is 6.15. The third-order valence-electron chi connectivity index (χ3n) is 3.54. The molecule has 0 aliphatic carbocycles. The standard InChI is InChI=1S/C19H23ClO3/c1-13-6-7-17(18(10-13)21-4)23-9-5-8-22-16-11-14(2)19(20)15(3)12-16/h6-7,10-12H,5,8-9H2,1-4H3. The second-order valence-corrected chi connectivity index (χ2v) is 5.95. The molecule has 4 heteroatoms. The summed E-state index contributed by atoms with van der Waals surface area (Å²) in [5, 5.41) is 0.798. The maximum atomic E-state index is 6.15. The Balaban J connectivity index is 1.80. The van der Waals surface area contributed by atoms with E-state index in [2.05, 4.69) is 0 Å². The summed E-state index contributed by atoms with van der Waals surface area (Å²) in [7, 11) is 1.65. The van der Waals surface area contributed by atoms with Crippen molar-refractivity contribution in [2.45, 2.75) is 27.2 Å². The van der Waals surface area contributed by atoms with E-state index in [0.717, 1.165) is 45.4 Å². The number of aryl methyl sites for hydroxylation is 3. The van der Waals surface area contributed by atoms with Gasteiger partial charge in [0.2, 0.25) is 0 Å². The van der Waals surface area contributed by atoms with Crippen molar-refractivity contribution in [2.24, 2.45) is 0 Å². The highest BCUT2D eigenvalue weighted by Gasteiger charge is 2.05. The van der Waals surface area contributed by atoms with Crippen LogP contribution >= 0.6 is 11.6 Å². The highest BCUT2D eigenvalue weighted by Crippen LogP contribution is 2.28. The first-order chi connectivity index (χ1) is 11.0. The van der Waals surface area contributed by atoms with E-state index in [-0.39, 0.29) is 0 Å². The van der Waals surface area contributed by atoms with Crippen molar-refractivity contribution >= 4 is 11.6 Å². The van der Waals surface area contributed by atoms with Gasteiger partial charge in [-0.1, -0.05) is 17.7 Å². The Morgan fingerprint density at radius 3 is 2.17 bits per heavy atom. The minimum Gasteiger partial charge on any atom is -0.493 e. The zero-order valence-electron chi connectivity index (χ0n) is 14.1. The lowest BCUT2D eigenvalue weighted by atomic mass is 10.1. The molecule has 0 aromatic heterocycles. The predicted octanol–water partition coefficient (Wildman–Crippen LogP) is 5.12. The molecule has 0 N–H and O–H groups in total. The Morgan fingerprint density at radius 1 is 0.870 bits per heavy atom. The van der Waals surface area contributed by atoms with Crippen LogP contribution in [0.4, 0.5) is 0 Å². The van der Waals surface area contributed by atoms with Crippen LogP contribution in [-0.4, -0.2) is 20.3 Å². The van der Waals surface area contributed by atoms with Crippen molar-refractivity contribution in [3.8, 4) is 17.2 Å². The fourth-order valence-corrected chi connectivity index (χ4v) is 2.42. The van der Waals surface area contributed by atoms with Crippen molar-refractivity contribution in [1.29, 1.82) is 0 Å². The molecule has 2 aromatic carbocycles. The lowest BCUT2D eigenvalue weighted by Crippen LogP contribution is -2.06. The molecule has 0 fully saturated rings. The van der Waals surface area contributed by atoms with Gasteiger partial charge in [0.1, 0.15) is 5.75 Å². The summed E-state index contributed by atoms with van der Waals surface area (Å²) in [5.74, 6) is 2.36. The highest BCUT2D eigenvalue weighted by molar-refractivity contribution is 6.32. The van der Waals surface area contributed by atoms with Gasteiger partial charge >= 0.3 is 0 Å². The third-order valence-corrected chi connectivity index (χ3v) is 4.14. The molecule has 0 spiro atoms. The zero-order chi connectivity index (χ0) is 16.8.